The molecule has 1 rings (SSSR count). The van der Waals surface area contributed by atoms with Gasteiger partial charge in [-0.05, 0) is 12.1 Å². The summed E-state index contributed by atoms with van der Waals surface area (Å²) < 4.78 is 19.6. The van der Waals surface area contributed by atoms with Crippen molar-refractivity contribution in [2.24, 2.45) is 0 Å². The van der Waals surface area contributed by atoms with Crippen LogP contribution in [0.3, 0.4) is 0 Å². The summed E-state index contributed by atoms with van der Waals surface area (Å²) in [7, 11) is 0. The maximum Gasteiger partial charge on any atom is 0.476 e. The zero-order valence-corrected chi connectivity index (χ0v) is 12.8. The second kappa shape index (κ2) is 6.21. The molecular weight excluding hydrogens is 352 g/mol. The first-order valence-electron chi connectivity index (χ1n) is 4.15. The van der Waals surface area contributed by atoms with Crippen LogP contribution in [0.2, 0.25) is 5.02 Å². The quantitative estimate of drug-likeness (QED) is 0.530. The van der Waals surface area contributed by atoms with E-state index in [0.29, 0.717) is 0 Å². The van der Waals surface area contributed by atoms with Gasteiger partial charge in [-0.3, -0.25) is 4.52 Å². The fourth-order valence-electron chi connectivity index (χ4n) is 0.813. The van der Waals surface area contributed by atoms with Crippen molar-refractivity contribution >= 4 is 64.6 Å². The molecule has 0 aromatic heterocycles. The monoisotopic (exact) mass is 356 g/mol. The molecule has 9 heteroatoms. The molecule has 0 N–H and O–H groups in total. The van der Waals surface area contributed by atoms with Gasteiger partial charge in [-0.15, -0.1) is 0 Å². The Bertz CT molecular complexity index is 433. The van der Waals surface area contributed by atoms with Crippen molar-refractivity contribution in [1.29, 1.82) is 0 Å². The van der Waals surface area contributed by atoms with Gasteiger partial charge in [0.05, 0.1) is 5.02 Å². The maximum absolute atomic E-state index is 11.7. The Morgan fingerprint density at radius 1 is 1.24 bits per heavy atom. The number of hydrogen-bond acceptors (Lipinski definition) is 3. The van der Waals surface area contributed by atoms with Gasteiger partial charge in [-0.1, -0.05) is 58.5 Å². The highest BCUT2D eigenvalue weighted by molar-refractivity contribution is 7.81. The lowest BCUT2D eigenvalue weighted by atomic mass is 10.3. The van der Waals surface area contributed by atoms with E-state index >= 15 is 0 Å². The van der Waals surface area contributed by atoms with Crippen molar-refractivity contribution < 1.29 is 13.6 Å². The van der Waals surface area contributed by atoms with E-state index in [4.69, 9.17) is 66.7 Å². The molecule has 0 aliphatic rings. The predicted molar refractivity (Wildman–Crippen MR) is 71.8 cm³/mol. The molecule has 1 atom stereocenters. The molecule has 0 aliphatic carbocycles. The van der Waals surface area contributed by atoms with Crippen LogP contribution >= 0.6 is 64.6 Å². The van der Waals surface area contributed by atoms with Crippen LogP contribution in [0.15, 0.2) is 24.3 Å². The Kier molecular flexibility index (Phi) is 5.74. The molecule has 1 aromatic rings. The first kappa shape index (κ1) is 15.7. The summed E-state index contributed by atoms with van der Waals surface area (Å²) in [6.07, 6.45) is 0. The molecule has 17 heavy (non-hydrogen) atoms. The van der Waals surface area contributed by atoms with E-state index in [-0.39, 0.29) is 10.8 Å². The topological polar surface area (TPSA) is 35.5 Å². The van der Waals surface area contributed by atoms with Crippen LogP contribution in [0.1, 0.15) is 0 Å². The van der Waals surface area contributed by atoms with E-state index in [2.05, 4.69) is 0 Å². The molecule has 96 valence electrons. The molecule has 0 fully saturated rings. The van der Waals surface area contributed by atoms with Gasteiger partial charge in [0.2, 0.25) is 3.79 Å². The number of halogens is 5. The van der Waals surface area contributed by atoms with Crippen LogP contribution in [0, 0.1) is 0 Å². The van der Waals surface area contributed by atoms with Crippen LogP contribution in [-0.2, 0) is 9.09 Å². The zero-order chi connectivity index (χ0) is 13.1. The molecule has 0 saturated carbocycles. The van der Waals surface area contributed by atoms with Crippen LogP contribution in [0.5, 0.6) is 5.75 Å². The third-order valence-corrected chi connectivity index (χ3v) is 3.42. The molecule has 1 aromatic carbocycles. The zero-order valence-electron chi connectivity index (χ0n) is 8.08. The van der Waals surface area contributed by atoms with Crippen LogP contribution in [0.4, 0.5) is 0 Å². The summed E-state index contributed by atoms with van der Waals surface area (Å²) in [5.41, 5.74) is 0. The Hall–Kier alpha value is 0.660. The lowest BCUT2D eigenvalue weighted by Gasteiger charge is -2.16. The van der Waals surface area contributed by atoms with Crippen LogP contribution in [0.25, 0.3) is 0 Å². The first-order chi connectivity index (χ1) is 7.70. The van der Waals surface area contributed by atoms with E-state index < -0.39 is 17.3 Å². The predicted octanol–water partition coefficient (Wildman–Crippen LogP) is 5.45. The highest BCUT2D eigenvalue weighted by atomic mass is 35.7. The molecule has 0 bridgehead atoms. The van der Waals surface area contributed by atoms with Crippen molar-refractivity contribution in [2.75, 3.05) is 6.61 Å². The fraction of sp³-hybridized carbons (Fsp3) is 0.250. The number of para-hydroxylation sites is 1. The van der Waals surface area contributed by atoms with Gasteiger partial charge in [0.15, 0.2) is 0 Å². The van der Waals surface area contributed by atoms with Crippen LogP contribution in [-0.4, -0.2) is 10.4 Å². The molecule has 0 spiro atoms. The third kappa shape index (κ3) is 6.40. The number of benzene rings is 1. The van der Waals surface area contributed by atoms with Crippen molar-refractivity contribution in [3.05, 3.63) is 29.3 Å². The van der Waals surface area contributed by atoms with Crippen molar-refractivity contribution in [3.63, 3.8) is 0 Å². The summed E-state index contributed by atoms with van der Waals surface area (Å²) >= 11 is 27.6. The molecule has 0 radical (unpaired) electrons. The average molecular weight is 358 g/mol. The van der Waals surface area contributed by atoms with Gasteiger partial charge in [-0.25, -0.2) is 4.57 Å². The Morgan fingerprint density at radius 3 is 2.35 bits per heavy atom. The van der Waals surface area contributed by atoms with Crippen molar-refractivity contribution in [3.8, 4) is 5.75 Å². The van der Waals surface area contributed by atoms with E-state index in [9.17, 15) is 4.57 Å². The Labute approximate surface area is 123 Å². The summed E-state index contributed by atoms with van der Waals surface area (Å²) in [5.74, 6) is 0.122. The molecule has 3 nitrogen and oxygen atoms in total. The number of hydrogen-bond donors (Lipinski definition) is 0. The fourth-order valence-corrected chi connectivity index (χ4v) is 2.60. The standard InChI is InChI=1S/C8H6Cl5O3P/c9-6-3-1-2-4-7(6)16-17(13,14)15-5-8(10,11)12/h1-4H,5H2/t17-/m1/s1. The summed E-state index contributed by atoms with van der Waals surface area (Å²) in [6, 6.07) is 6.34. The van der Waals surface area contributed by atoms with Crippen molar-refractivity contribution in [1.82, 2.24) is 0 Å². The molecule has 0 aliphatic heterocycles. The molecule has 0 amide bonds. The molecule has 0 unspecified atom stereocenters. The minimum Gasteiger partial charge on any atom is -0.412 e. The second-order valence-electron chi connectivity index (χ2n) is 2.84. The number of rotatable bonds is 4. The SMILES string of the molecule is O=[P@](Cl)(OCC(Cl)(Cl)Cl)Oc1ccccc1Cl. The van der Waals surface area contributed by atoms with Gasteiger partial charge in [-0.2, -0.15) is 0 Å². The van der Waals surface area contributed by atoms with E-state index in [0.717, 1.165) is 0 Å². The molecular formula is C8H6Cl5O3P. The van der Waals surface area contributed by atoms with Crippen molar-refractivity contribution in [2.45, 2.75) is 3.79 Å². The Balaban J connectivity index is 2.67. The average Bonchev–Trinajstić information content (AvgIpc) is 2.18. The summed E-state index contributed by atoms with van der Waals surface area (Å²) in [6.45, 7) is -4.37. The summed E-state index contributed by atoms with van der Waals surface area (Å²) in [4.78, 5) is 0. The van der Waals surface area contributed by atoms with Crippen LogP contribution < -0.4 is 4.52 Å². The smallest absolute Gasteiger partial charge is 0.412 e. The molecule has 0 saturated heterocycles. The Morgan fingerprint density at radius 2 is 1.82 bits per heavy atom. The van der Waals surface area contributed by atoms with E-state index in [1.165, 1.54) is 6.07 Å². The lowest BCUT2D eigenvalue weighted by molar-refractivity contribution is 0.285. The van der Waals surface area contributed by atoms with Gasteiger partial charge in [0.25, 0.3) is 0 Å². The van der Waals surface area contributed by atoms with Gasteiger partial charge >= 0.3 is 6.95 Å². The normalized spacial score (nSPS) is 15.4. The highest BCUT2D eigenvalue weighted by Crippen LogP contribution is 2.55. The van der Waals surface area contributed by atoms with Gasteiger partial charge < -0.3 is 4.52 Å². The third-order valence-electron chi connectivity index (χ3n) is 1.43. The first-order valence-corrected chi connectivity index (χ1v) is 8.11. The van der Waals surface area contributed by atoms with E-state index in [1.807, 2.05) is 0 Å². The van der Waals surface area contributed by atoms with Gasteiger partial charge in [0.1, 0.15) is 12.4 Å². The second-order valence-corrected chi connectivity index (χ2v) is 8.31. The summed E-state index contributed by atoms with van der Waals surface area (Å²) in [5, 5.41) is 0.242. The minimum atomic E-state index is -3.90. The molecule has 0 heterocycles. The lowest BCUT2D eigenvalue weighted by Crippen LogP contribution is -2.11. The maximum atomic E-state index is 11.7. The van der Waals surface area contributed by atoms with E-state index in [1.54, 1.807) is 18.2 Å². The number of alkyl halides is 3. The minimum absolute atomic E-state index is 0.122. The highest BCUT2D eigenvalue weighted by Gasteiger charge is 2.30. The largest absolute Gasteiger partial charge is 0.476 e. The van der Waals surface area contributed by atoms with Gasteiger partial charge in [0, 0.05) is 11.2 Å².